The quantitative estimate of drug-likeness (QED) is 0.543. The molecule has 0 bridgehead atoms. The number of carbonyl (C=O) groups is 1. The lowest BCUT2D eigenvalue weighted by Crippen LogP contribution is -2.09. The Labute approximate surface area is 132 Å². The lowest BCUT2D eigenvalue weighted by atomic mass is 10.1. The fraction of sp³-hybridized carbons (Fsp3) is 0.111. The van der Waals surface area contributed by atoms with Crippen LogP contribution in [0.2, 0.25) is 0 Å². The molecule has 1 heterocycles. The zero-order chi connectivity index (χ0) is 16.4. The van der Waals surface area contributed by atoms with Gasteiger partial charge in [0.25, 0.3) is 0 Å². The van der Waals surface area contributed by atoms with Crippen molar-refractivity contribution in [1.29, 1.82) is 5.26 Å². The largest absolute Gasteiger partial charge is 0.493 e. The third-order valence-electron chi connectivity index (χ3n) is 3.52. The summed E-state index contributed by atoms with van der Waals surface area (Å²) in [5.74, 6) is 0.0850. The highest BCUT2D eigenvalue weighted by molar-refractivity contribution is 5.97. The van der Waals surface area contributed by atoms with Crippen molar-refractivity contribution >= 4 is 16.9 Å². The van der Waals surface area contributed by atoms with E-state index < -0.39 is 5.97 Å². The summed E-state index contributed by atoms with van der Waals surface area (Å²) in [6, 6.07) is 14.0. The van der Waals surface area contributed by atoms with Gasteiger partial charge >= 0.3 is 5.97 Å². The highest BCUT2D eigenvalue weighted by Gasteiger charge is 2.21. The second-order valence-electron chi connectivity index (χ2n) is 4.92. The molecular weight excluding hydrogens is 294 g/mol. The van der Waals surface area contributed by atoms with Gasteiger partial charge in [0.15, 0.2) is 11.5 Å². The molecule has 0 aliphatic heterocycles. The van der Waals surface area contributed by atoms with Gasteiger partial charge in [-0.05, 0) is 25.1 Å². The van der Waals surface area contributed by atoms with Crippen LogP contribution < -0.4 is 9.47 Å². The maximum absolute atomic E-state index is 12.4. The average Bonchev–Trinajstić information content (AvgIpc) is 2.92. The Bertz CT molecular complexity index is 934. The van der Waals surface area contributed by atoms with Gasteiger partial charge in [0.05, 0.1) is 18.7 Å². The predicted molar refractivity (Wildman–Crippen MR) is 83.6 cm³/mol. The fourth-order valence-corrected chi connectivity index (χ4v) is 2.34. The molecule has 0 amide bonds. The van der Waals surface area contributed by atoms with Crippen molar-refractivity contribution in [1.82, 2.24) is 0 Å². The minimum Gasteiger partial charge on any atom is -0.493 e. The van der Waals surface area contributed by atoms with Gasteiger partial charge in [0.2, 0.25) is 5.76 Å². The number of nitriles is 1. The molecular formula is C18H13NO4. The first-order valence-electron chi connectivity index (χ1n) is 6.92. The number of hydrogen-bond donors (Lipinski definition) is 0. The normalized spacial score (nSPS) is 10.3. The average molecular weight is 307 g/mol. The highest BCUT2D eigenvalue weighted by Crippen LogP contribution is 2.30. The van der Waals surface area contributed by atoms with Crippen LogP contribution in [0.15, 0.2) is 46.9 Å². The monoisotopic (exact) mass is 307 g/mol. The molecule has 0 spiro atoms. The van der Waals surface area contributed by atoms with E-state index in [2.05, 4.69) is 0 Å². The zero-order valence-electron chi connectivity index (χ0n) is 12.6. The number of para-hydroxylation sites is 1. The van der Waals surface area contributed by atoms with Crippen LogP contribution in [-0.2, 0) is 0 Å². The number of methoxy groups -OCH3 is 1. The Hall–Kier alpha value is -3.26. The van der Waals surface area contributed by atoms with E-state index in [9.17, 15) is 4.79 Å². The number of furan rings is 1. The molecule has 0 N–H and O–H groups in total. The molecule has 3 rings (SSSR count). The minimum absolute atomic E-state index is 0.151. The molecule has 1 aromatic heterocycles. The molecule has 0 saturated carbocycles. The zero-order valence-corrected chi connectivity index (χ0v) is 12.6. The van der Waals surface area contributed by atoms with Crippen molar-refractivity contribution in [3.05, 3.63) is 59.4 Å². The third-order valence-corrected chi connectivity index (χ3v) is 3.52. The van der Waals surface area contributed by atoms with Gasteiger partial charge < -0.3 is 13.9 Å². The van der Waals surface area contributed by atoms with E-state index in [-0.39, 0.29) is 11.5 Å². The summed E-state index contributed by atoms with van der Waals surface area (Å²) in [5, 5.41) is 9.76. The summed E-state index contributed by atoms with van der Waals surface area (Å²) in [6.07, 6.45) is 0. The number of carbonyl (C=O) groups excluding carboxylic acids is 1. The lowest BCUT2D eigenvalue weighted by Gasteiger charge is -2.08. The van der Waals surface area contributed by atoms with Crippen molar-refractivity contribution in [2.24, 2.45) is 0 Å². The number of esters is 1. The van der Waals surface area contributed by atoms with E-state index in [1.54, 1.807) is 19.1 Å². The van der Waals surface area contributed by atoms with Crippen molar-refractivity contribution in [3.63, 3.8) is 0 Å². The molecule has 0 radical (unpaired) electrons. The van der Waals surface area contributed by atoms with Crippen LogP contribution in [0.5, 0.6) is 11.5 Å². The van der Waals surface area contributed by atoms with E-state index in [0.29, 0.717) is 16.9 Å². The van der Waals surface area contributed by atoms with Crippen molar-refractivity contribution < 1.29 is 18.7 Å². The van der Waals surface area contributed by atoms with Crippen molar-refractivity contribution in [2.75, 3.05) is 7.11 Å². The SMILES string of the molecule is COc1cc(C#N)ccc1OC(=O)c1oc2ccccc2c1C. The van der Waals surface area contributed by atoms with Gasteiger partial charge in [-0.3, -0.25) is 0 Å². The molecule has 5 nitrogen and oxygen atoms in total. The first-order chi connectivity index (χ1) is 11.1. The Kier molecular flexibility index (Phi) is 3.73. The van der Waals surface area contributed by atoms with Crippen LogP contribution in [0.25, 0.3) is 11.0 Å². The van der Waals surface area contributed by atoms with Crippen LogP contribution in [0, 0.1) is 18.3 Å². The summed E-state index contributed by atoms with van der Waals surface area (Å²) in [5.41, 5.74) is 1.77. The van der Waals surface area contributed by atoms with Crippen LogP contribution >= 0.6 is 0 Å². The Morgan fingerprint density at radius 1 is 1.17 bits per heavy atom. The Balaban J connectivity index is 1.95. The second-order valence-corrected chi connectivity index (χ2v) is 4.92. The summed E-state index contributed by atoms with van der Waals surface area (Å²) in [4.78, 5) is 12.4. The maximum Gasteiger partial charge on any atom is 0.380 e. The number of nitrogens with zero attached hydrogens (tertiary/aromatic N) is 1. The van der Waals surface area contributed by atoms with E-state index in [1.165, 1.54) is 19.2 Å². The van der Waals surface area contributed by atoms with E-state index in [1.807, 2.05) is 24.3 Å². The molecule has 0 unspecified atom stereocenters. The molecule has 0 saturated heterocycles. The van der Waals surface area contributed by atoms with Gasteiger partial charge in [-0.1, -0.05) is 18.2 Å². The number of benzene rings is 2. The first kappa shape index (κ1) is 14.7. The minimum atomic E-state index is -0.610. The standard InChI is InChI=1S/C18H13NO4/c1-11-13-5-3-4-6-14(13)22-17(11)18(20)23-15-8-7-12(10-19)9-16(15)21-2/h3-9H,1-2H3. The number of fused-ring (bicyclic) bond motifs is 1. The van der Waals surface area contributed by atoms with Crippen molar-refractivity contribution in [2.45, 2.75) is 6.92 Å². The first-order valence-corrected chi connectivity index (χ1v) is 6.92. The molecule has 5 heteroatoms. The predicted octanol–water partition coefficient (Wildman–Crippen LogP) is 3.84. The summed E-state index contributed by atoms with van der Waals surface area (Å²) >= 11 is 0. The summed E-state index contributed by atoms with van der Waals surface area (Å²) in [7, 11) is 1.44. The van der Waals surface area contributed by atoms with Crippen LogP contribution in [0.3, 0.4) is 0 Å². The van der Waals surface area contributed by atoms with Gasteiger partial charge in [-0.2, -0.15) is 5.26 Å². The van der Waals surface area contributed by atoms with E-state index in [4.69, 9.17) is 19.2 Å². The molecule has 23 heavy (non-hydrogen) atoms. The van der Waals surface area contributed by atoms with Gasteiger partial charge in [0.1, 0.15) is 5.58 Å². The van der Waals surface area contributed by atoms with E-state index in [0.717, 1.165) is 10.9 Å². The van der Waals surface area contributed by atoms with Gasteiger partial charge in [-0.15, -0.1) is 0 Å². The van der Waals surface area contributed by atoms with E-state index >= 15 is 0 Å². The molecule has 0 aliphatic carbocycles. The summed E-state index contributed by atoms with van der Waals surface area (Å²) in [6.45, 7) is 1.80. The topological polar surface area (TPSA) is 72.5 Å². The maximum atomic E-state index is 12.4. The third kappa shape index (κ3) is 2.62. The van der Waals surface area contributed by atoms with Crippen LogP contribution in [0.4, 0.5) is 0 Å². The van der Waals surface area contributed by atoms with Gasteiger partial charge in [0, 0.05) is 17.0 Å². The molecule has 2 aromatic carbocycles. The highest BCUT2D eigenvalue weighted by atomic mass is 16.6. The number of rotatable bonds is 3. The van der Waals surface area contributed by atoms with Crippen LogP contribution in [0.1, 0.15) is 21.7 Å². The summed E-state index contributed by atoms with van der Waals surface area (Å²) < 4.78 is 16.1. The number of ether oxygens (including phenoxy) is 2. The number of hydrogen-bond acceptors (Lipinski definition) is 5. The molecule has 114 valence electrons. The van der Waals surface area contributed by atoms with Crippen molar-refractivity contribution in [3.8, 4) is 17.6 Å². The molecule has 0 fully saturated rings. The molecule has 0 atom stereocenters. The van der Waals surface area contributed by atoms with Gasteiger partial charge in [-0.25, -0.2) is 4.79 Å². The Morgan fingerprint density at radius 3 is 2.65 bits per heavy atom. The second kappa shape index (κ2) is 5.85. The smallest absolute Gasteiger partial charge is 0.380 e. The number of aryl methyl sites for hydroxylation is 1. The lowest BCUT2D eigenvalue weighted by molar-refractivity contribution is 0.0698. The molecule has 0 aliphatic rings. The Morgan fingerprint density at radius 2 is 1.96 bits per heavy atom. The fourth-order valence-electron chi connectivity index (χ4n) is 2.34. The van der Waals surface area contributed by atoms with Crippen LogP contribution in [-0.4, -0.2) is 13.1 Å². The molecule has 3 aromatic rings.